The van der Waals surface area contributed by atoms with Gasteiger partial charge in [0.1, 0.15) is 6.61 Å². The van der Waals surface area contributed by atoms with Crippen LogP contribution in [-0.2, 0) is 22.6 Å². The normalized spacial score (nSPS) is 10.0. The third-order valence-electron chi connectivity index (χ3n) is 3.13. The van der Waals surface area contributed by atoms with Crippen molar-refractivity contribution in [1.82, 2.24) is 0 Å². The minimum Gasteiger partial charge on any atom is -0.493 e. The van der Waals surface area contributed by atoms with Crippen LogP contribution < -0.4 is 9.47 Å². The Morgan fingerprint density at radius 1 is 0.905 bits per heavy atom. The van der Waals surface area contributed by atoms with Crippen molar-refractivity contribution in [3.05, 3.63) is 59.7 Å². The fourth-order valence-corrected chi connectivity index (χ4v) is 1.99. The van der Waals surface area contributed by atoms with Gasteiger partial charge in [0.25, 0.3) is 0 Å². The van der Waals surface area contributed by atoms with Crippen LogP contribution in [0.15, 0.2) is 48.5 Å². The molecule has 0 aliphatic heterocycles. The third kappa shape index (κ3) is 3.99. The van der Waals surface area contributed by atoms with Crippen LogP contribution in [0.3, 0.4) is 0 Å². The predicted molar refractivity (Wildman–Crippen MR) is 79.5 cm³/mol. The van der Waals surface area contributed by atoms with E-state index >= 15 is 0 Å². The fourth-order valence-electron chi connectivity index (χ4n) is 1.99. The van der Waals surface area contributed by atoms with E-state index in [4.69, 9.17) is 14.2 Å². The molecule has 0 atom stereocenters. The average molecular weight is 286 g/mol. The van der Waals surface area contributed by atoms with E-state index in [-0.39, 0.29) is 12.4 Å². The molecule has 110 valence electrons. The molecule has 0 radical (unpaired) electrons. The van der Waals surface area contributed by atoms with Crippen molar-refractivity contribution in [2.45, 2.75) is 13.0 Å². The Bertz CT molecular complexity index is 607. The van der Waals surface area contributed by atoms with Crippen molar-refractivity contribution in [2.75, 3.05) is 14.2 Å². The van der Waals surface area contributed by atoms with Gasteiger partial charge in [-0.2, -0.15) is 0 Å². The highest BCUT2D eigenvalue weighted by molar-refractivity contribution is 5.72. The van der Waals surface area contributed by atoms with Gasteiger partial charge in [-0.15, -0.1) is 0 Å². The first kappa shape index (κ1) is 14.9. The average Bonchev–Trinajstić information content (AvgIpc) is 2.54. The lowest BCUT2D eigenvalue weighted by Crippen LogP contribution is -2.08. The van der Waals surface area contributed by atoms with E-state index in [1.54, 1.807) is 7.11 Å². The van der Waals surface area contributed by atoms with E-state index in [2.05, 4.69) is 0 Å². The molecular weight excluding hydrogens is 268 g/mol. The molecule has 0 saturated carbocycles. The molecule has 0 spiro atoms. The Labute approximate surface area is 124 Å². The monoisotopic (exact) mass is 286 g/mol. The summed E-state index contributed by atoms with van der Waals surface area (Å²) in [7, 11) is 2.99. The number of ether oxygens (including phenoxy) is 3. The highest BCUT2D eigenvalue weighted by Gasteiger charge is 2.09. The van der Waals surface area contributed by atoms with Crippen molar-refractivity contribution in [1.29, 1.82) is 0 Å². The lowest BCUT2D eigenvalue weighted by Gasteiger charge is -2.12. The maximum Gasteiger partial charge on any atom is 0.309 e. The van der Waals surface area contributed by atoms with E-state index in [0.29, 0.717) is 18.1 Å². The van der Waals surface area contributed by atoms with Gasteiger partial charge < -0.3 is 14.2 Å². The predicted octanol–water partition coefficient (Wildman–Crippen LogP) is 2.99. The Kier molecular flexibility index (Phi) is 5.21. The largest absolute Gasteiger partial charge is 0.493 e. The summed E-state index contributed by atoms with van der Waals surface area (Å²) >= 11 is 0. The molecule has 2 rings (SSSR count). The zero-order chi connectivity index (χ0) is 15.1. The lowest BCUT2D eigenvalue weighted by atomic mass is 10.1. The van der Waals surface area contributed by atoms with Crippen molar-refractivity contribution in [3.8, 4) is 11.5 Å². The summed E-state index contributed by atoms with van der Waals surface area (Å²) in [5.41, 5.74) is 1.85. The number of carbonyl (C=O) groups is 1. The molecular formula is C17H18O4. The summed E-state index contributed by atoms with van der Waals surface area (Å²) < 4.78 is 15.7. The molecule has 2 aromatic rings. The summed E-state index contributed by atoms with van der Waals surface area (Å²) in [5, 5.41) is 0. The first-order valence-corrected chi connectivity index (χ1v) is 6.64. The van der Waals surface area contributed by atoms with Gasteiger partial charge in [0.2, 0.25) is 0 Å². The quantitative estimate of drug-likeness (QED) is 0.766. The van der Waals surface area contributed by atoms with Crippen LogP contribution in [0.25, 0.3) is 0 Å². The summed E-state index contributed by atoms with van der Waals surface area (Å²) in [6.45, 7) is 0.369. The number of benzene rings is 2. The van der Waals surface area contributed by atoms with Crippen LogP contribution in [0.4, 0.5) is 0 Å². The topological polar surface area (TPSA) is 44.8 Å². The smallest absolute Gasteiger partial charge is 0.309 e. The molecule has 21 heavy (non-hydrogen) atoms. The van der Waals surface area contributed by atoms with Gasteiger partial charge in [0.05, 0.1) is 20.6 Å². The second kappa shape index (κ2) is 7.33. The molecule has 2 aromatic carbocycles. The van der Waals surface area contributed by atoms with Gasteiger partial charge in [0.15, 0.2) is 11.5 Å². The number of esters is 1. The summed E-state index contributed by atoms with van der Waals surface area (Å²) in [5.74, 6) is 1.09. The molecule has 0 N–H and O–H groups in total. The zero-order valence-corrected chi connectivity index (χ0v) is 12.2. The Morgan fingerprint density at radius 3 is 2.19 bits per heavy atom. The lowest BCUT2D eigenvalue weighted by molar-refractivity contribution is -0.139. The van der Waals surface area contributed by atoms with Crippen LogP contribution in [0, 0.1) is 0 Å². The molecule has 0 saturated heterocycles. The van der Waals surface area contributed by atoms with Crippen molar-refractivity contribution >= 4 is 5.97 Å². The molecule has 4 heteroatoms. The van der Waals surface area contributed by atoms with Gasteiger partial charge >= 0.3 is 5.97 Å². The van der Waals surface area contributed by atoms with Crippen LogP contribution >= 0.6 is 0 Å². The molecule has 0 amide bonds. The minimum atomic E-state index is -0.264. The second-order valence-electron chi connectivity index (χ2n) is 4.46. The number of hydrogen-bond acceptors (Lipinski definition) is 4. The minimum absolute atomic E-state index is 0.238. The zero-order valence-electron chi connectivity index (χ0n) is 12.2. The van der Waals surface area contributed by atoms with Gasteiger partial charge in [-0.25, -0.2) is 0 Å². The molecule has 0 aliphatic carbocycles. The Hall–Kier alpha value is -2.49. The molecule has 0 bridgehead atoms. The van der Waals surface area contributed by atoms with Gasteiger partial charge in [-0.3, -0.25) is 4.79 Å². The number of para-hydroxylation sites is 2. The van der Waals surface area contributed by atoms with Crippen LogP contribution in [0.2, 0.25) is 0 Å². The van der Waals surface area contributed by atoms with Crippen molar-refractivity contribution < 1.29 is 19.0 Å². The molecule has 0 heterocycles. The van der Waals surface area contributed by atoms with E-state index in [1.165, 1.54) is 7.11 Å². The molecule has 0 aliphatic rings. The van der Waals surface area contributed by atoms with Gasteiger partial charge in [-0.05, 0) is 23.3 Å². The highest BCUT2D eigenvalue weighted by Crippen LogP contribution is 2.27. The number of hydrogen-bond donors (Lipinski definition) is 0. The number of rotatable bonds is 6. The fraction of sp³-hybridized carbons (Fsp3) is 0.235. The summed E-state index contributed by atoms with van der Waals surface area (Å²) in [6.07, 6.45) is 0.238. The van der Waals surface area contributed by atoms with Crippen molar-refractivity contribution in [2.24, 2.45) is 0 Å². The standard InChI is InChI=1S/C17H18O4/c1-19-15-9-5-6-10-16(15)21-12-14-8-4-3-7-13(14)11-17(18)20-2/h3-10H,11-12H2,1-2H3. The molecule has 0 aromatic heterocycles. The Morgan fingerprint density at radius 2 is 1.52 bits per heavy atom. The first-order valence-electron chi connectivity index (χ1n) is 6.64. The number of carbonyl (C=O) groups excluding carboxylic acids is 1. The van der Waals surface area contributed by atoms with Gasteiger partial charge in [-0.1, -0.05) is 36.4 Å². The third-order valence-corrected chi connectivity index (χ3v) is 3.13. The Balaban J connectivity index is 2.11. The maximum absolute atomic E-state index is 11.4. The van der Waals surface area contributed by atoms with E-state index in [0.717, 1.165) is 11.1 Å². The second-order valence-corrected chi connectivity index (χ2v) is 4.46. The molecule has 0 unspecified atom stereocenters. The number of methoxy groups -OCH3 is 2. The van der Waals surface area contributed by atoms with E-state index < -0.39 is 0 Å². The van der Waals surface area contributed by atoms with Crippen molar-refractivity contribution in [3.63, 3.8) is 0 Å². The summed E-state index contributed by atoms with van der Waals surface area (Å²) in [6, 6.07) is 15.1. The molecule has 0 fully saturated rings. The van der Waals surface area contributed by atoms with Crippen LogP contribution in [-0.4, -0.2) is 20.2 Å². The summed E-state index contributed by atoms with van der Waals surface area (Å²) in [4.78, 5) is 11.4. The highest BCUT2D eigenvalue weighted by atomic mass is 16.5. The van der Waals surface area contributed by atoms with Crippen LogP contribution in [0.1, 0.15) is 11.1 Å². The molecule has 4 nitrogen and oxygen atoms in total. The van der Waals surface area contributed by atoms with E-state index in [1.807, 2.05) is 48.5 Å². The van der Waals surface area contributed by atoms with Crippen LogP contribution in [0.5, 0.6) is 11.5 Å². The van der Waals surface area contributed by atoms with E-state index in [9.17, 15) is 4.79 Å². The SMILES string of the molecule is COC(=O)Cc1ccccc1COc1ccccc1OC. The first-order chi connectivity index (χ1) is 10.2. The maximum atomic E-state index is 11.4. The van der Waals surface area contributed by atoms with Gasteiger partial charge in [0, 0.05) is 0 Å².